The lowest BCUT2D eigenvalue weighted by Gasteiger charge is -2.20. The molecule has 2 heterocycles. The first-order valence-corrected chi connectivity index (χ1v) is 9.91. The highest BCUT2D eigenvalue weighted by Crippen LogP contribution is 2.25. The van der Waals surface area contributed by atoms with Crippen molar-refractivity contribution in [1.82, 2.24) is 15.6 Å². The molecule has 8 heteroatoms. The van der Waals surface area contributed by atoms with Crippen LogP contribution >= 0.6 is 35.3 Å². The van der Waals surface area contributed by atoms with Crippen LogP contribution in [-0.2, 0) is 12.0 Å². The van der Waals surface area contributed by atoms with Crippen molar-refractivity contribution in [2.75, 3.05) is 19.6 Å². The number of aliphatic imine (C=N–C) groups is 1. The number of thiophene rings is 1. The third-order valence-electron chi connectivity index (χ3n) is 4.36. The van der Waals surface area contributed by atoms with E-state index in [-0.39, 0.29) is 36.3 Å². The Kier molecular flexibility index (Phi) is 8.26. The van der Waals surface area contributed by atoms with Crippen LogP contribution in [0.15, 0.2) is 46.9 Å². The van der Waals surface area contributed by atoms with Crippen LogP contribution < -0.4 is 10.6 Å². The number of nitrogens with zero attached hydrogens (tertiary/aromatic N) is 1. The number of aliphatic hydroxyl groups is 1. The van der Waals surface area contributed by atoms with Gasteiger partial charge in [0.15, 0.2) is 5.96 Å². The first-order valence-electron chi connectivity index (χ1n) is 9.03. The molecule has 5 nitrogen and oxygen atoms in total. The van der Waals surface area contributed by atoms with E-state index >= 15 is 0 Å². The molecule has 3 aromatic rings. The molecule has 0 spiro atoms. The minimum absolute atomic E-state index is 0. The van der Waals surface area contributed by atoms with E-state index in [1.165, 1.54) is 17.4 Å². The summed E-state index contributed by atoms with van der Waals surface area (Å²) in [7, 11) is 0. The van der Waals surface area contributed by atoms with Crippen LogP contribution in [0.1, 0.15) is 24.3 Å². The Labute approximate surface area is 185 Å². The molecule has 2 aromatic heterocycles. The number of aromatic amines is 1. The molecule has 28 heavy (non-hydrogen) atoms. The standard InChI is InChI=1S/C20H25FN4OS.HI/c1-3-22-19(25-13-20(2,26)18-5-4-10-27-18)23-9-8-14-12-24-17-7-6-15(21)11-16(14)17;/h4-7,10-12,24,26H,3,8-9,13H2,1-2H3,(H2,22,23,25);1H. The zero-order valence-electron chi connectivity index (χ0n) is 16.0. The fourth-order valence-electron chi connectivity index (χ4n) is 2.91. The van der Waals surface area contributed by atoms with Crippen molar-refractivity contribution in [3.63, 3.8) is 0 Å². The third-order valence-corrected chi connectivity index (χ3v) is 5.48. The highest BCUT2D eigenvalue weighted by atomic mass is 127. The van der Waals surface area contributed by atoms with Gasteiger partial charge >= 0.3 is 0 Å². The Morgan fingerprint density at radius 2 is 2.14 bits per heavy atom. The van der Waals surface area contributed by atoms with E-state index in [9.17, 15) is 9.50 Å². The maximum atomic E-state index is 13.5. The van der Waals surface area contributed by atoms with Crippen molar-refractivity contribution < 1.29 is 9.50 Å². The Morgan fingerprint density at radius 3 is 2.86 bits per heavy atom. The normalized spacial score (nSPS) is 13.8. The summed E-state index contributed by atoms with van der Waals surface area (Å²) in [5, 5.41) is 19.9. The minimum atomic E-state index is -0.995. The number of H-pyrrole nitrogens is 1. The van der Waals surface area contributed by atoms with Gasteiger partial charge in [-0.15, -0.1) is 35.3 Å². The average molecular weight is 516 g/mol. The second-order valence-electron chi connectivity index (χ2n) is 6.63. The average Bonchev–Trinajstić information content (AvgIpc) is 3.30. The van der Waals surface area contributed by atoms with Crippen molar-refractivity contribution in [3.05, 3.63) is 58.2 Å². The molecule has 0 radical (unpaired) electrons. The van der Waals surface area contributed by atoms with Crippen molar-refractivity contribution in [2.45, 2.75) is 25.9 Å². The van der Waals surface area contributed by atoms with Crippen molar-refractivity contribution in [2.24, 2.45) is 4.99 Å². The molecule has 1 aromatic carbocycles. The lowest BCUT2D eigenvalue weighted by Crippen LogP contribution is -2.39. The van der Waals surface area contributed by atoms with Gasteiger partial charge in [-0.3, -0.25) is 0 Å². The number of benzene rings is 1. The Morgan fingerprint density at radius 1 is 1.32 bits per heavy atom. The third kappa shape index (κ3) is 5.68. The van der Waals surface area contributed by atoms with Gasteiger partial charge in [-0.05, 0) is 55.5 Å². The number of aromatic nitrogens is 1. The van der Waals surface area contributed by atoms with E-state index in [1.54, 1.807) is 19.1 Å². The fraction of sp³-hybridized carbons (Fsp3) is 0.350. The first kappa shape index (κ1) is 22.6. The van der Waals surface area contributed by atoms with Crippen molar-refractivity contribution in [3.8, 4) is 0 Å². The Bertz CT molecular complexity index is 908. The van der Waals surface area contributed by atoms with Crippen molar-refractivity contribution >= 4 is 52.2 Å². The predicted octanol–water partition coefficient (Wildman–Crippen LogP) is 3.99. The SMILES string of the molecule is CCNC(=NCC(C)(O)c1cccs1)NCCc1c[nH]c2ccc(F)cc12.I. The second kappa shape index (κ2) is 10.2. The molecule has 0 aliphatic heterocycles. The van der Waals surface area contributed by atoms with Gasteiger partial charge in [0.05, 0.1) is 6.54 Å². The van der Waals surface area contributed by atoms with Crippen LogP contribution in [0.5, 0.6) is 0 Å². The number of halogens is 2. The van der Waals surface area contributed by atoms with Crippen LogP contribution in [0.4, 0.5) is 4.39 Å². The molecule has 1 atom stereocenters. The maximum absolute atomic E-state index is 13.5. The van der Waals surface area contributed by atoms with Gasteiger partial charge in [-0.2, -0.15) is 0 Å². The quantitative estimate of drug-likeness (QED) is 0.218. The summed E-state index contributed by atoms with van der Waals surface area (Å²) in [4.78, 5) is 8.58. The molecule has 0 fully saturated rings. The van der Waals surface area contributed by atoms with E-state index in [0.717, 1.165) is 34.3 Å². The molecule has 0 aliphatic rings. The van der Waals surface area contributed by atoms with Gasteiger partial charge in [0, 0.05) is 35.1 Å². The highest BCUT2D eigenvalue weighted by Gasteiger charge is 2.23. The molecule has 0 saturated heterocycles. The largest absolute Gasteiger partial charge is 0.383 e. The van der Waals surface area contributed by atoms with Gasteiger partial charge in [-0.25, -0.2) is 9.38 Å². The molecular formula is C20H26FIN4OS. The zero-order valence-corrected chi connectivity index (χ0v) is 19.1. The molecule has 152 valence electrons. The van der Waals surface area contributed by atoms with Crippen LogP contribution in [0.3, 0.4) is 0 Å². The summed E-state index contributed by atoms with van der Waals surface area (Å²) in [6.45, 7) is 5.41. The van der Waals surface area contributed by atoms with Gasteiger partial charge in [0.25, 0.3) is 0 Å². The second-order valence-corrected chi connectivity index (χ2v) is 7.57. The van der Waals surface area contributed by atoms with E-state index < -0.39 is 5.60 Å². The number of fused-ring (bicyclic) bond motifs is 1. The molecule has 4 N–H and O–H groups in total. The number of guanidine groups is 1. The van der Waals surface area contributed by atoms with E-state index in [1.807, 2.05) is 30.6 Å². The Balaban J connectivity index is 0.00000280. The summed E-state index contributed by atoms with van der Waals surface area (Å²) >= 11 is 1.52. The number of hydrogen-bond acceptors (Lipinski definition) is 3. The lowest BCUT2D eigenvalue weighted by molar-refractivity contribution is 0.0711. The van der Waals surface area contributed by atoms with Gasteiger partial charge in [0.1, 0.15) is 11.4 Å². The van der Waals surface area contributed by atoms with E-state index in [0.29, 0.717) is 12.5 Å². The van der Waals surface area contributed by atoms with Crippen LogP contribution in [0.25, 0.3) is 10.9 Å². The molecular weight excluding hydrogens is 490 g/mol. The number of rotatable bonds is 7. The van der Waals surface area contributed by atoms with Gasteiger partial charge in [-0.1, -0.05) is 6.07 Å². The predicted molar refractivity (Wildman–Crippen MR) is 125 cm³/mol. The minimum Gasteiger partial charge on any atom is -0.383 e. The van der Waals surface area contributed by atoms with Gasteiger partial charge < -0.3 is 20.7 Å². The maximum Gasteiger partial charge on any atom is 0.191 e. The zero-order chi connectivity index (χ0) is 19.3. The van der Waals surface area contributed by atoms with Crippen LogP contribution in [0.2, 0.25) is 0 Å². The summed E-state index contributed by atoms with van der Waals surface area (Å²) in [5.74, 6) is 0.419. The van der Waals surface area contributed by atoms with Gasteiger partial charge in [0.2, 0.25) is 0 Å². The highest BCUT2D eigenvalue weighted by molar-refractivity contribution is 14.0. The molecule has 0 bridgehead atoms. The molecule has 0 aliphatic carbocycles. The van der Waals surface area contributed by atoms with Crippen LogP contribution in [-0.4, -0.2) is 35.7 Å². The lowest BCUT2D eigenvalue weighted by atomic mass is 10.1. The molecule has 0 saturated carbocycles. The first-order chi connectivity index (χ1) is 13.0. The monoisotopic (exact) mass is 516 g/mol. The topological polar surface area (TPSA) is 72.4 Å². The molecule has 1 unspecified atom stereocenters. The summed E-state index contributed by atoms with van der Waals surface area (Å²) < 4.78 is 13.5. The summed E-state index contributed by atoms with van der Waals surface area (Å²) in [6.07, 6.45) is 2.65. The summed E-state index contributed by atoms with van der Waals surface area (Å²) in [6, 6.07) is 8.59. The van der Waals surface area contributed by atoms with E-state index in [2.05, 4.69) is 20.6 Å². The van der Waals surface area contributed by atoms with E-state index in [4.69, 9.17) is 0 Å². The molecule has 0 amide bonds. The fourth-order valence-corrected chi connectivity index (χ4v) is 3.69. The number of nitrogens with one attached hydrogen (secondary N) is 3. The van der Waals surface area contributed by atoms with Crippen molar-refractivity contribution in [1.29, 1.82) is 0 Å². The Hall–Kier alpha value is -1.65. The van der Waals surface area contributed by atoms with Crippen LogP contribution in [0, 0.1) is 5.82 Å². The summed E-state index contributed by atoms with van der Waals surface area (Å²) in [5.41, 5.74) is 0.989. The molecule has 3 rings (SSSR count). The smallest absolute Gasteiger partial charge is 0.191 e. The number of hydrogen-bond donors (Lipinski definition) is 4.